The molecule has 0 bridgehead atoms. The van der Waals surface area contributed by atoms with Crippen molar-refractivity contribution in [3.05, 3.63) is 77.5 Å². The van der Waals surface area contributed by atoms with Crippen molar-refractivity contribution in [3.8, 4) is 11.3 Å². The van der Waals surface area contributed by atoms with Crippen molar-refractivity contribution in [2.45, 2.75) is 43.9 Å². The first-order chi connectivity index (χ1) is 15.3. The van der Waals surface area contributed by atoms with Gasteiger partial charge in [-0.05, 0) is 61.6 Å². The van der Waals surface area contributed by atoms with E-state index in [4.69, 9.17) is 11.5 Å². The molecule has 0 spiro atoms. The second kappa shape index (κ2) is 9.12. The van der Waals surface area contributed by atoms with E-state index in [1.807, 2.05) is 13.0 Å². The van der Waals surface area contributed by atoms with Crippen LogP contribution in [0.5, 0.6) is 0 Å². The zero-order valence-corrected chi connectivity index (χ0v) is 17.7. The fraction of sp³-hybridized carbons (Fsp3) is 0.292. The van der Waals surface area contributed by atoms with Crippen LogP contribution in [0.3, 0.4) is 0 Å². The molecule has 32 heavy (non-hydrogen) atoms. The monoisotopic (exact) mass is 435 g/mol. The number of amides is 1. The van der Waals surface area contributed by atoms with Crippen molar-refractivity contribution in [1.82, 2.24) is 9.97 Å². The molecule has 1 aromatic carbocycles. The van der Waals surface area contributed by atoms with Gasteiger partial charge in [-0.25, -0.2) is 9.37 Å². The van der Waals surface area contributed by atoms with Crippen LogP contribution in [0.4, 0.5) is 10.1 Å². The Kier molecular flexibility index (Phi) is 6.27. The lowest BCUT2D eigenvalue weighted by Gasteiger charge is -2.36. The van der Waals surface area contributed by atoms with Crippen LogP contribution in [-0.4, -0.2) is 39.2 Å². The van der Waals surface area contributed by atoms with Crippen LogP contribution in [0.1, 0.15) is 40.4 Å². The predicted octanol–water partition coefficient (Wildman–Crippen LogP) is 2.74. The molecule has 6 N–H and O–H groups in total. The summed E-state index contributed by atoms with van der Waals surface area (Å²) in [5.41, 5.74) is 15.3. The second-order valence-electron chi connectivity index (χ2n) is 8.30. The quantitative estimate of drug-likeness (QED) is 0.499. The van der Waals surface area contributed by atoms with Crippen molar-refractivity contribution in [3.63, 3.8) is 0 Å². The normalized spacial score (nSPS) is 23.0. The molecule has 2 unspecified atom stereocenters. The maximum atomic E-state index is 14.3. The van der Waals surface area contributed by atoms with Crippen LogP contribution < -0.4 is 16.8 Å². The highest BCUT2D eigenvalue weighted by Crippen LogP contribution is 2.35. The zero-order valence-electron chi connectivity index (χ0n) is 17.7. The third-order valence-electron chi connectivity index (χ3n) is 5.91. The topological polar surface area (TPSA) is 127 Å². The van der Waals surface area contributed by atoms with Gasteiger partial charge in [0.15, 0.2) is 0 Å². The van der Waals surface area contributed by atoms with Crippen LogP contribution in [0.2, 0.25) is 0 Å². The molecule has 0 saturated heterocycles. The molecule has 7 nitrogen and oxygen atoms in total. The van der Waals surface area contributed by atoms with Gasteiger partial charge in [-0.1, -0.05) is 17.7 Å². The van der Waals surface area contributed by atoms with Crippen molar-refractivity contribution >= 4 is 11.6 Å². The number of hydrogen-bond acceptors (Lipinski definition) is 6. The summed E-state index contributed by atoms with van der Waals surface area (Å²) in [5.74, 6) is -0.858. The molecule has 2 aromatic heterocycles. The summed E-state index contributed by atoms with van der Waals surface area (Å²) in [5, 5.41) is 12.9. The summed E-state index contributed by atoms with van der Waals surface area (Å²) in [6, 6.07) is 10.6. The molecule has 1 aliphatic carbocycles. The molecule has 4 rings (SSSR count). The van der Waals surface area contributed by atoms with Crippen molar-refractivity contribution in [2.75, 3.05) is 5.32 Å². The van der Waals surface area contributed by atoms with Gasteiger partial charge in [0.05, 0.1) is 23.7 Å². The first kappa shape index (κ1) is 22.0. The Hall–Kier alpha value is -3.20. The van der Waals surface area contributed by atoms with Gasteiger partial charge in [-0.3, -0.25) is 9.78 Å². The van der Waals surface area contributed by atoms with Crippen LogP contribution in [0.15, 0.2) is 54.9 Å². The Balaban J connectivity index is 1.59. The molecule has 1 aliphatic rings. The number of nitrogens with two attached hydrogens (primary N) is 2. The average Bonchev–Trinajstić information content (AvgIpc) is 2.79. The van der Waals surface area contributed by atoms with Crippen molar-refractivity contribution in [1.29, 1.82) is 0 Å². The molecule has 0 radical (unpaired) electrons. The molecule has 1 amide bonds. The van der Waals surface area contributed by atoms with E-state index < -0.39 is 29.9 Å². The lowest BCUT2D eigenvalue weighted by molar-refractivity contribution is 0.0800. The fourth-order valence-electron chi connectivity index (χ4n) is 4.20. The number of aryl methyl sites for hydroxylation is 1. The van der Waals surface area contributed by atoms with E-state index in [9.17, 15) is 14.3 Å². The maximum absolute atomic E-state index is 14.3. The number of aromatic nitrogens is 2. The number of aliphatic hydroxyl groups is 1. The predicted molar refractivity (Wildman–Crippen MR) is 120 cm³/mol. The third-order valence-corrected chi connectivity index (χ3v) is 5.91. The van der Waals surface area contributed by atoms with Crippen LogP contribution in [0, 0.1) is 12.7 Å². The van der Waals surface area contributed by atoms with Gasteiger partial charge in [0, 0.05) is 23.8 Å². The van der Waals surface area contributed by atoms with Gasteiger partial charge < -0.3 is 21.9 Å². The smallest absolute Gasteiger partial charge is 0.274 e. The van der Waals surface area contributed by atoms with Crippen LogP contribution in [0.25, 0.3) is 11.3 Å². The van der Waals surface area contributed by atoms with E-state index >= 15 is 0 Å². The van der Waals surface area contributed by atoms with Gasteiger partial charge in [0.25, 0.3) is 5.91 Å². The van der Waals surface area contributed by atoms with Gasteiger partial charge in [0.2, 0.25) is 0 Å². The Morgan fingerprint density at radius 1 is 1.16 bits per heavy atom. The molecule has 0 aliphatic heterocycles. The van der Waals surface area contributed by atoms with Crippen molar-refractivity contribution in [2.24, 2.45) is 11.5 Å². The number of benzene rings is 1. The molecular weight excluding hydrogens is 409 g/mol. The van der Waals surface area contributed by atoms with E-state index in [0.717, 1.165) is 11.1 Å². The lowest BCUT2D eigenvalue weighted by Crippen LogP contribution is -2.52. The van der Waals surface area contributed by atoms with Gasteiger partial charge >= 0.3 is 0 Å². The van der Waals surface area contributed by atoms with Gasteiger partial charge in [-0.2, -0.15) is 0 Å². The third kappa shape index (κ3) is 4.52. The van der Waals surface area contributed by atoms with Crippen LogP contribution in [-0.2, 0) is 0 Å². The zero-order chi connectivity index (χ0) is 22.8. The Labute approximate surface area is 185 Å². The lowest BCUT2D eigenvalue weighted by atomic mass is 9.77. The molecule has 166 valence electrons. The number of halogens is 1. The molecule has 3 aromatic rings. The second-order valence-corrected chi connectivity index (χ2v) is 8.30. The molecule has 1 saturated carbocycles. The summed E-state index contributed by atoms with van der Waals surface area (Å²) in [4.78, 5) is 21.5. The standard InChI is InChI=1S/C24H26FN5O2/c1-13-5-6-17(25)16(9-13)20-3-2-4-21(29-20)24(32)30-22-12-28-8-7-15(22)14-10-18(26)23(31)19(27)11-14/h2-9,12,14,18-19,23,31H,10-11,26-27H2,1H3,(H,30,32)/t14?,18-,19+,23?. The average molecular weight is 436 g/mol. The molecule has 2 heterocycles. The number of aliphatic hydroxyl groups excluding tert-OH is 1. The number of carbonyl (C=O) groups is 1. The Morgan fingerprint density at radius 2 is 1.91 bits per heavy atom. The molecule has 8 heteroatoms. The van der Waals surface area contributed by atoms with Gasteiger partial charge in [-0.15, -0.1) is 0 Å². The van der Waals surface area contributed by atoms with Crippen LogP contribution >= 0.6 is 0 Å². The summed E-state index contributed by atoms with van der Waals surface area (Å²) in [6.45, 7) is 1.87. The van der Waals surface area contributed by atoms with E-state index in [2.05, 4.69) is 15.3 Å². The molecular formula is C24H26FN5O2. The number of anilines is 1. The maximum Gasteiger partial charge on any atom is 0.274 e. The van der Waals surface area contributed by atoms with E-state index in [-0.39, 0.29) is 11.6 Å². The minimum absolute atomic E-state index is 0.0256. The highest BCUT2D eigenvalue weighted by atomic mass is 19.1. The van der Waals surface area contributed by atoms with Gasteiger partial charge in [0.1, 0.15) is 11.5 Å². The number of hydrogen-bond donors (Lipinski definition) is 4. The number of nitrogens with one attached hydrogen (secondary N) is 1. The fourth-order valence-corrected chi connectivity index (χ4v) is 4.20. The summed E-state index contributed by atoms with van der Waals surface area (Å²) >= 11 is 0. The number of nitrogens with zero attached hydrogens (tertiary/aromatic N) is 2. The van der Waals surface area contributed by atoms with E-state index in [1.54, 1.807) is 42.7 Å². The van der Waals surface area contributed by atoms with E-state index in [0.29, 0.717) is 29.8 Å². The highest BCUT2D eigenvalue weighted by Gasteiger charge is 2.34. The highest BCUT2D eigenvalue weighted by molar-refractivity contribution is 6.03. The SMILES string of the molecule is Cc1ccc(F)c(-c2cccc(C(=O)Nc3cnccc3C3C[C@@H](N)C(O)[C@@H](N)C3)n2)c1. The number of pyridine rings is 2. The summed E-state index contributed by atoms with van der Waals surface area (Å²) in [7, 11) is 0. The minimum Gasteiger partial charge on any atom is -0.390 e. The molecule has 1 fully saturated rings. The van der Waals surface area contributed by atoms with Crippen molar-refractivity contribution < 1.29 is 14.3 Å². The number of carbonyl (C=O) groups excluding carboxylic acids is 1. The first-order valence-corrected chi connectivity index (χ1v) is 10.5. The largest absolute Gasteiger partial charge is 0.390 e. The summed E-state index contributed by atoms with van der Waals surface area (Å²) < 4.78 is 14.3. The summed E-state index contributed by atoms with van der Waals surface area (Å²) in [6.07, 6.45) is 3.55. The Morgan fingerprint density at radius 3 is 2.66 bits per heavy atom. The first-order valence-electron chi connectivity index (χ1n) is 10.5. The molecule has 4 atom stereocenters. The number of rotatable bonds is 4. The Bertz CT molecular complexity index is 1130. The van der Waals surface area contributed by atoms with E-state index in [1.165, 1.54) is 6.07 Å². The minimum atomic E-state index is -0.750.